The van der Waals surface area contributed by atoms with E-state index in [1.165, 1.54) is 88.2 Å². The molecule has 3 aromatic rings. The maximum Gasteiger partial charge on any atom is 0.244 e. The van der Waals surface area contributed by atoms with Gasteiger partial charge in [0.25, 0.3) is 0 Å². The van der Waals surface area contributed by atoms with Gasteiger partial charge in [0.2, 0.25) is 6.33 Å². The van der Waals surface area contributed by atoms with Crippen LogP contribution in [0.15, 0.2) is 79.4 Å². The molecule has 0 radical (unpaired) electrons. The lowest BCUT2D eigenvalue weighted by Gasteiger charge is -2.37. The second-order valence-corrected chi connectivity index (χ2v) is 11.4. The first-order chi connectivity index (χ1) is 18.2. The van der Waals surface area contributed by atoms with E-state index in [4.69, 9.17) is 0 Å². The molecule has 2 atom stereocenters. The Hall–Kier alpha value is -2.35. The summed E-state index contributed by atoms with van der Waals surface area (Å²) in [6.45, 7) is 8.14. The average molecular weight is 502 g/mol. The second kappa shape index (κ2) is 16.5. The Morgan fingerprint density at radius 1 is 0.703 bits per heavy atom. The van der Waals surface area contributed by atoms with Crippen molar-refractivity contribution >= 4 is 0 Å². The lowest BCUT2D eigenvalue weighted by Crippen LogP contribution is -2.38. The van der Waals surface area contributed by atoms with E-state index in [0.29, 0.717) is 6.04 Å². The van der Waals surface area contributed by atoms with Crippen LogP contribution in [0.1, 0.15) is 121 Å². The van der Waals surface area contributed by atoms with Crippen LogP contribution in [0.2, 0.25) is 0 Å². The molecule has 0 aliphatic carbocycles. The number of rotatable bonds is 19. The van der Waals surface area contributed by atoms with Gasteiger partial charge >= 0.3 is 0 Å². The zero-order valence-corrected chi connectivity index (χ0v) is 24.1. The third-order valence-electron chi connectivity index (χ3n) is 8.22. The Morgan fingerprint density at radius 2 is 1.27 bits per heavy atom. The Balaban J connectivity index is 1.68. The molecule has 2 unspecified atom stereocenters. The molecule has 0 amide bonds. The maximum absolute atomic E-state index is 2.53. The molecule has 0 spiro atoms. The Labute approximate surface area is 228 Å². The quantitative estimate of drug-likeness (QED) is 0.114. The summed E-state index contributed by atoms with van der Waals surface area (Å²) in [5, 5.41) is 0. The van der Waals surface area contributed by atoms with Crippen molar-refractivity contribution in [3.8, 4) is 0 Å². The lowest BCUT2D eigenvalue weighted by atomic mass is 9.70. The molecule has 0 aliphatic rings. The molecular formula is C35H53N2+. The molecule has 2 heteroatoms. The van der Waals surface area contributed by atoms with Crippen LogP contribution >= 0.6 is 0 Å². The Bertz CT molecular complexity index is 961. The summed E-state index contributed by atoms with van der Waals surface area (Å²) < 4.78 is 4.89. The third kappa shape index (κ3) is 9.47. The normalized spacial score (nSPS) is 13.9. The number of imidazole rings is 1. The summed E-state index contributed by atoms with van der Waals surface area (Å²) >= 11 is 0. The molecule has 0 fully saturated rings. The van der Waals surface area contributed by atoms with Crippen LogP contribution < -0.4 is 4.57 Å². The van der Waals surface area contributed by atoms with Gasteiger partial charge in [-0.3, -0.25) is 0 Å². The van der Waals surface area contributed by atoms with Crippen molar-refractivity contribution in [3.05, 3.63) is 90.5 Å². The minimum Gasteiger partial charge on any atom is -0.237 e. The first-order valence-electron chi connectivity index (χ1n) is 15.3. The van der Waals surface area contributed by atoms with Crippen molar-refractivity contribution in [2.24, 2.45) is 0 Å². The summed E-state index contributed by atoms with van der Waals surface area (Å²) in [6, 6.07) is 22.8. The van der Waals surface area contributed by atoms with Crippen LogP contribution in [0.5, 0.6) is 0 Å². The lowest BCUT2D eigenvalue weighted by molar-refractivity contribution is -0.696. The summed E-state index contributed by atoms with van der Waals surface area (Å²) in [7, 11) is 0. The SMILES string of the molecule is CCCCCCCCCCCCCC(n1cc[n+](CCC)c1)C(C)(Cc1ccccc1)c1ccccc1. The Morgan fingerprint density at radius 3 is 1.86 bits per heavy atom. The molecule has 0 N–H and O–H groups in total. The highest BCUT2D eigenvalue weighted by atomic mass is 15.1. The first-order valence-corrected chi connectivity index (χ1v) is 15.3. The van der Waals surface area contributed by atoms with Gasteiger partial charge in [-0.1, -0.05) is 146 Å². The van der Waals surface area contributed by atoms with E-state index in [-0.39, 0.29) is 5.41 Å². The predicted octanol–water partition coefficient (Wildman–Crippen LogP) is 9.63. The maximum atomic E-state index is 2.53. The van der Waals surface area contributed by atoms with Crippen LogP contribution in [-0.2, 0) is 18.4 Å². The molecule has 3 rings (SSSR count). The molecule has 202 valence electrons. The smallest absolute Gasteiger partial charge is 0.237 e. The minimum atomic E-state index is 0.0180. The summed E-state index contributed by atoms with van der Waals surface area (Å²) in [5.74, 6) is 0. The molecule has 2 nitrogen and oxygen atoms in total. The van der Waals surface area contributed by atoms with Gasteiger partial charge < -0.3 is 0 Å². The molecular weight excluding hydrogens is 448 g/mol. The van der Waals surface area contributed by atoms with Gasteiger partial charge in [0.15, 0.2) is 0 Å². The summed E-state index contributed by atoms with van der Waals surface area (Å²) in [6.07, 6.45) is 25.7. The van der Waals surface area contributed by atoms with Gasteiger partial charge in [-0.25, -0.2) is 9.13 Å². The van der Waals surface area contributed by atoms with E-state index in [0.717, 1.165) is 19.4 Å². The van der Waals surface area contributed by atoms with E-state index in [1.807, 2.05) is 0 Å². The van der Waals surface area contributed by atoms with Crippen molar-refractivity contribution in [1.29, 1.82) is 0 Å². The van der Waals surface area contributed by atoms with Gasteiger partial charge in [0, 0.05) is 5.41 Å². The second-order valence-electron chi connectivity index (χ2n) is 11.4. The predicted molar refractivity (Wildman–Crippen MR) is 159 cm³/mol. The summed E-state index contributed by atoms with van der Waals surface area (Å²) in [4.78, 5) is 0. The van der Waals surface area contributed by atoms with Gasteiger partial charge in [-0.2, -0.15) is 0 Å². The number of nitrogens with zero attached hydrogens (tertiary/aromatic N) is 2. The van der Waals surface area contributed by atoms with Crippen LogP contribution in [0, 0.1) is 0 Å². The Kier molecular flexibility index (Phi) is 13.0. The highest BCUT2D eigenvalue weighted by molar-refractivity contribution is 5.30. The molecule has 2 aromatic carbocycles. The van der Waals surface area contributed by atoms with Crippen LogP contribution in [-0.4, -0.2) is 4.57 Å². The van der Waals surface area contributed by atoms with Gasteiger partial charge in [-0.05, 0) is 36.8 Å². The fourth-order valence-corrected chi connectivity index (χ4v) is 6.04. The molecule has 0 saturated heterocycles. The largest absolute Gasteiger partial charge is 0.244 e. The standard InChI is InChI=1S/C35H53N2/c1-4-6-7-8-9-10-11-12-13-14-21-26-34(37-29-28-36(31-37)27-5-2)35(3,33-24-19-16-20-25-33)30-32-22-17-15-18-23-32/h15-20,22-25,28-29,31,34H,4-14,21,26-27,30H2,1-3H3/q+1. The molecule has 1 aromatic heterocycles. The molecule has 0 aliphatic heterocycles. The van der Waals surface area contributed by atoms with Gasteiger partial charge in [0.1, 0.15) is 18.4 Å². The van der Waals surface area contributed by atoms with E-state index in [2.05, 4.69) is 109 Å². The third-order valence-corrected chi connectivity index (χ3v) is 8.22. The summed E-state index contributed by atoms with van der Waals surface area (Å²) in [5.41, 5.74) is 2.89. The topological polar surface area (TPSA) is 8.81 Å². The molecule has 0 bridgehead atoms. The van der Waals surface area contributed by atoms with Crippen molar-refractivity contribution in [2.75, 3.05) is 0 Å². The number of hydrogen-bond acceptors (Lipinski definition) is 0. The zero-order chi connectivity index (χ0) is 26.2. The molecule has 37 heavy (non-hydrogen) atoms. The highest BCUT2D eigenvalue weighted by Crippen LogP contribution is 2.41. The van der Waals surface area contributed by atoms with Crippen molar-refractivity contribution in [3.63, 3.8) is 0 Å². The fraction of sp³-hybridized carbons (Fsp3) is 0.571. The van der Waals surface area contributed by atoms with Crippen molar-refractivity contribution < 1.29 is 4.57 Å². The van der Waals surface area contributed by atoms with Crippen LogP contribution in [0.3, 0.4) is 0 Å². The van der Waals surface area contributed by atoms with E-state index >= 15 is 0 Å². The zero-order valence-electron chi connectivity index (χ0n) is 24.1. The molecule has 1 heterocycles. The number of benzene rings is 2. The first kappa shape index (κ1) is 29.2. The fourth-order valence-electron chi connectivity index (χ4n) is 6.04. The highest BCUT2D eigenvalue weighted by Gasteiger charge is 2.40. The average Bonchev–Trinajstić information content (AvgIpc) is 3.38. The minimum absolute atomic E-state index is 0.0180. The van der Waals surface area contributed by atoms with Crippen molar-refractivity contribution in [2.45, 2.75) is 129 Å². The van der Waals surface area contributed by atoms with Crippen LogP contribution in [0.25, 0.3) is 0 Å². The number of hydrogen-bond donors (Lipinski definition) is 0. The van der Waals surface area contributed by atoms with Crippen LogP contribution in [0.4, 0.5) is 0 Å². The van der Waals surface area contributed by atoms with E-state index < -0.39 is 0 Å². The van der Waals surface area contributed by atoms with E-state index in [9.17, 15) is 0 Å². The monoisotopic (exact) mass is 501 g/mol. The number of aromatic nitrogens is 2. The van der Waals surface area contributed by atoms with Gasteiger partial charge in [-0.15, -0.1) is 0 Å². The van der Waals surface area contributed by atoms with Gasteiger partial charge in [0.05, 0.1) is 6.54 Å². The van der Waals surface area contributed by atoms with Crippen molar-refractivity contribution in [1.82, 2.24) is 4.57 Å². The number of aryl methyl sites for hydroxylation is 1. The molecule has 0 saturated carbocycles. The van der Waals surface area contributed by atoms with E-state index in [1.54, 1.807) is 0 Å². The number of unbranched alkanes of at least 4 members (excludes halogenated alkanes) is 10.